The van der Waals surface area contributed by atoms with Gasteiger partial charge in [0, 0.05) is 29.2 Å². The standard InChI is InChI=1S/C17H16Cl2N2O2S/c18-14-9-13(10-21-15(14)19)24-12-3-1-2-11(8-12)17(16(20)22)4-6-23-7-5-17/h1-3,8-10H,4-7H2,(H2,20,22). The topological polar surface area (TPSA) is 65.2 Å². The lowest BCUT2D eigenvalue weighted by Gasteiger charge is -2.34. The molecule has 126 valence electrons. The van der Waals surface area contributed by atoms with Crippen LogP contribution in [0.15, 0.2) is 46.3 Å². The van der Waals surface area contributed by atoms with E-state index in [1.807, 2.05) is 24.3 Å². The highest BCUT2D eigenvalue weighted by atomic mass is 35.5. The van der Waals surface area contributed by atoms with Crippen LogP contribution in [0.3, 0.4) is 0 Å². The van der Waals surface area contributed by atoms with Gasteiger partial charge in [-0.05, 0) is 36.6 Å². The SMILES string of the molecule is NC(=O)C1(c2cccc(Sc3cnc(Cl)c(Cl)c3)c2)CCOCC1. The molecule has 0 radical (unpaired) electrons. The molecule has 1 saturated heterocycles. The molecule has 1 aliphatic rings. The maximum atomic E-state index is 12.1. The van der Waals surface area contributed by atoms with Gasteiger partial charge in [0.1, 0.15) is 5.15 Å². The van der Waals surface area contributed by atoms with Crippen molar-refractivity contribution in [2.24, 2.45) is 5.73 Å². The number of pyridine rings is 1. The second kappa shape index (κ2) is 7.31. The van der Waals surface area contributed by atoms with Gasteiger partial charge in [-0.1, -0.05) is 47.1 Å². The zero-order chi connectivity index (χ0) is 17.2. The fourth-order valence-electron chi connectivity index (χ4n) is 2.85. The third-order valence-corrected chi connectivity index (χ3v) is 5.85. The molecule has 3 rings (SSSR count). The first-order valence-electron chi connectivity index (χ1n) is 7.48. The highest BCUT2D eigenvalue weighted by Crippen LogP contribution is 2.38. The van der Waals surface area contributed by atoms with Gasteiger partial charge < -0.3 is 10.5 Å². The molecule has 0 saturated carbocycles. The number of amides is 1. The minimum atomic E-state index is -0.662. The molecule has 4 nitrogen and oxygen atoms in total. The van der Waals surface area contributed by atoms with E-state index in [2.05, 4.69) is 4.98 Å². The van der Waals surface area contributed by atoms with E-state index in [0.717, 1.165) is 15.4 Å². The Morgan fingerprint density at radius 2 is 1.96 bits per heavy atom. The molecule has 1 aromatic carbocycles. The van der Waals surface area contributed by atoms with Crippen LogP contribution in [-0.4, -0.2) is 24.1 Å². The summed E-state index contributed by atoms with van der Waals surface area (Å²) in [5.74, 6) is -0.302. The largest absolute Gasteiger partial charge is 0.381 e. The summed E-state index contributed by atoms with van der Waals surface area (Å²) < 4.78 is 5.40. The summed E-state index contributed by atoms with van der Waals surface area (Å²) in [4.78, 5) is 18.1. The average Bonchev–Trinajstić information content (AvgIpc) is 2.59. The Kier molecular flexibility index (Phi) is 5.35. The first-order valence-corrected chi connectivity index (χ1v) is 9.06. The van der Waals surface area contributed by atoms with Gasteiger partial charge in [-0.3, -0.25) is 4.79 Å². The number of benzene rings is 1. The molecular formula is C17H16Cl2N2O2S. The number of primary amides is 1. The quantitative estimate of drug-likeness (QED) is 0.809. The van der Waals surface area contributed by atoms with Crippen LogP contribution in [0.1, 0.15) is 18.4 Å². The Morgan fingerprint density at radius 3 is 2.62 bits per heavy atom. The molecule has 24 heavy (non-hydrogen) atoms. The number of hydrogen-bond donors (Lipinski definition) is 1. The maximum Gasteiger partial charge on any atom is 0.228 e. The lowest BCUT2D eigenvalue weighted by Crippen LogP contribution is -2.45. The molecule has 0 bridgehead atoms. The van der Waals surface area contributed by atoms with Crippen LogP contribution in [0.2, 0.25) is 10.2 Å². The molecule has 1 fully saturated rings. The molecule has 0 aliphatic carbocycles. The zero-order valence-electron chi connectivity index (χ0n) is 12.8. The Morgan fingerprint density at radius 1 is 1.21 bits per heavy atom. The smallest absolute Gasteiger partial charge is 0.228 e. The van der Waals surface area contributed by atoms with Gasteiger partial charge in [0.2, 0.25) is 5.91 Å². The van der Waals surface area contributed by atoms with Crippen LogP contribution in [-0.2, 0) is 14.9 Å². The Hall–Kier alpha value is -1.27. The number of aromatic nitrogens is 1. The minimum absolute atomic E-state index is 0.282. The summed E-state index contributed by atoms with van der Waals surface area (Å²) in [7, 11) is 0. The van der Waals surface area contributed by atoms with E-state index < -0.39 is 5.41 Å². The summed E-state index contributed by atoms with van der Waals surface area (Å²) in [6.07, 6.45) is 2.87. The van der Waals surface area contributed by atoms with E-state index >= 15 is 0 Å². The summed E-state index contributed by atoms with van der Waals surface area (Å²) in [5.41, 5.74) is 6.00. The fraction of sp³-hybridized carbons (Fsp3) is 0.294. The zero-order valence-corrected chi connectivity index (χ0v) is 15.1. The van der Waals surface area contributed by atoms with Crippen molar-refractivity contribution in [1.82, 2.24) is 4.98 Å². The van der Waals surface area contributed by atoms with E-state index in [1.54, 1.807) is 12.3 Å². The molecule has 2 N–H and O–H groups in total. The number of carbonyl (C=O) groups is 1. The normalized spacial score (nSPS) is 16.8. The number of nitrogens with two attached hydrogens (primary N) is 1. The van der Waals surface area contributed by atoms with Crippen molar-refractivity contribution in [1.29, 1.82) is 0 Å². The Bertz CT molecular complexity index is 764. The van der Waals surface area contributed by atoms with Crippen molar-refractivity contribution in [2.75, 3.05) is 13.2 Å². The van der Waals surface area contributed by atoms with Crippen molar-refractivity contribution in [3.63, 3.8) is 0 Å². The molecule has 7 heteroatoms. The monoisotopic (exact) mass is 382 g/mol. The van der Waals surface area contributed by atoms with Gasteiger partial charge in [0.05, 0.1) is 10.4 Å². The van der Waals surface area contributed by atoms with Gasteiger partial charge in [0.15, 0.2) is 0 Å². The van der Waals surface area contributed by atoms with Crippen LogP contribution < -0.4 is 5.73 Å². The fourth-order valence-corrected chi connectivity index (χ4v) is 4.07. The summed E-state index contributed by atoms with van der Waals surface area (Å²) in [6, 6.07) is 9.64. The first-order chi connectivity index (χ1) is 11.5. The molecule has 0 atom stereocenters. The van der Waals surface area contributed by atoms with E-state index in [4.69, 9.17) is 33.7 Å². The summed E-state index contributed by atoms with van der Waals surface area (Å²) in [5, 5.41) is 0.695. The van der Waals surface area contributed by atoms with Crippen molar-refractivity contribution in [2.45, 2.75) is 28.0 Å². The Balaban J connectivity index is 1.90. The van der Waals surface area contributed by atoms with Gasteiger partial charge >= 0.3 is 0 Å². The molecular weight excluding hydrogens is 367 g/mol. The molecule has 0 unspecified atom stereocenters. The average molecular weight is 383 g/mol. The molecule has 0 spiro atoms. The third kappa shape index (κ3) is 3.54. The highest BCUT2D eigenvalue weighted by molar-refractivity contribution is 7.99. The summed E-state index contributed by atoms with van der Waals surface area (Å²) >= 11 is 13.4. The van der Waals surface area contributed by atoms with Crippen LogP contribution in [0, 0.1) is 0 Å². The van der Waals surface area contributed by atoms with E-state index in [1.165, 1.54) is 11.8 Å². The van der Waals surface area contributed by atoms with Gasteiger partial charge in [-0.25, -0.2) is 4.98 Å². The lowest BCUT2D eigenvalue weighted by molar-refractivity contribution is -0.127. The van der Waals surface area contributed by atoms with Crippen LogP contribution >= 0.6 is 35.0 Å². The van der Waals surface area contributed by atoms with E-state index in [0.29, 0.717) is 31.1 Å². The number of rotatable bonds is 4. The molecule has 2 aromatic rings. The van der Waals surface area contributed by atoms with Gasteiger partial charge in [-0.2, -0.15) is 0 Å². The van der Waals surface area contributed by atoms with Crippen molar-refractivity contribution in [3.8, 4) is 0 Å². The Labute approximate surface area is 154 Å². The van der Waals surface area contributed by atoms with Crippen molar-refractivity contribution >= 4 is 40.9 Å². The number of carbonyl (C=O) groups excluding carboxylic acids is 1. The number of nitrogens with zero attached hydrogens (tertiary/aromatic N) is 1. The second-order valence-electron chi connectivity index (χ2n) is 5.63. The maximum absolute atomic E-state index is 12.1. The number of halogens is 2. The van der Waals surface area contributed by atoms with Gasteiger partial charge in [0.25, 0.3) is 0 Å². The van der Waals surface area contributed by atoms with E-state index in [9.17, 15) is 4.79 Å². The summed E-state index contributed by atoms with van der Waals surface area (Å²) in [6.45, 7) is 1.08. The molecule has 1 aromatic heterocycles. The van der Waals surface area contributed by atoms with Crippen molar-refractivity contribution < 1.29 is 9.53 Å². The molecule has 1 aliphatic heterocycles. The van der Waals surface area contributed by atoms with E-state index in [-0.39, 0.29) is 11.1 Å². The molecule has 1 amide bonds. The second-order valence-corrected chi connectivity index (χ2v) is 7.54. The lowest BCUT2D eigenvalue weighted by atomic mass is 9.73. The van der Waals surface area contributed by atoms with Crippen LogP contribution in [0.4, 0.5) is 0 Å². The van der Waals surface area contributed by atoms with Crippen LogP contribution in [0.25, 0.3) is 0 Å². The predicted octanol–water partition coefficient (Wildman–Crippen LogP) is 4.07. The van der Waals surface area contributed by atoms with Gasteiger partial charge in [-0.15, -0.1) is 0 Å². The predicted molar refractivity (Wildman–Crippen MR) is 95.7 cm³/mol. The number of ether oxygens (including phenoxy) is 1. The van der Waals surface area contributed by atoms with Crippen LogP contribution in [0.5, 0.6) is 0 Å². The minimum Gasteiger partial charge on any atom is -0.381 e. The third-order valence-electron chi connectivity index (χ3n) is 4.21. The number of hydrogen-bond acceptors (Lipinski definition) is 4. The first kappa shape index (κ1) is 17.5. The van der Waals surface area contributed by atoms with Crippen molar-refractivity contribution in [3.05, 3.63) is 52.3 Å². The molecule has 2 heterocycles. The highest BCUT2D eigenvalue weighted by Gasteiger charge is 2.40.